The second kappa shape index (κ2) is 7.42. The highest BCUT2D eigenvalue weighted by atomic mass is 16.5. The van der Waals surface area contributed by atoms with Gasteiger partial charge in [0, 0.05) is 18.8 Å². The predicted octanol–water partition coefficient (Wildman–Crippen LogP) is 2.86. The van der Waals surface area contributed by atoms with Crippen molar-refractivity contribution in [2.24, 2.45) is 0 Å². The van der Waals surface area contributed by atoms with E-state index in [1.165, 1.54) is 0 Å². The Bertz CT molecular complexity index is 561. The Balaban J connectivity index is 2.35. The van der Waals surface area contributed by atoms with Crippen LogP contribution in [0.15, 0.2) is 30.3 Å². The SMILES string of the molecule is CCCNc1nc(OC)nc(N(CC)c2ccccc2)n1. The van der Waals surface area contributed by atoms with Crippen LogP contribution in [-0.2, 0) is 0 Å². The van der Waals surface area contributed by atoms with E-state index in [1.54, 1.807) is 7.11 Å². The van der Waals surface area contributed by atoms with Crippen LogP contribution in [0.4, 0.5) is 17.6 Å². The van der Waals surface area contributed by atoms with E-state index in [4.69, 9.17) is 4.74 Å². The Hall–Kier alpha value is -2.37. The molecule has 0 aliphatic heterocycles. The number of nitrogens with one attached hydrogen (secondary N) is 1. The van der Waals surface area contributed by atoms with E-state index < -0.39 is 0 Å². The molecule has 2 rings (SSSR count). The van der Waals surface area contributed by atoms with Crippen molar-refractivity contribution in [3.05, 3.63) is 30.3 Å². The molecule has 0 atom stereocenters. The topological polar surface area (TPSA) is 63.2 Å². The first kappa shape index (κ1) is 15.0. The van der Waals surface area contributed by atoms with Crippen molar-refractivity contribution in [3.63, 3.8) is 0 Å². The molecular formula is C15H21N5O. The molecule has 0 saturated heterocycles. The Kier molecular flexibility index (Phi) is 5.31. The lowest BCUT2D eigenvalue weighted by Crippen LogP contribution is -2.20. The van der Waals surface area contributed by atoms with Gasteiger partial charge in [-0.05, 0) is 25.5 Å². The minimum absolute atomic E-state index is 0.313. The lowest BCUT2D eigenvalue weighted by Gasteiger charge is -2.21. The highest BCUT2D eigenvalue weighted by Crippen LogP contribution is 2.23. The van der Waals surface area contributed by atoms with Crippen LogP contribution in [0.3, 0.4) is 0 Å². The Morgan fingerprint density at radius 3 is 2.48 bits per heavy atom. The van der Waals surface area contributed by atoms with Gasteiger partial charge < -0.3 is 15.0 Å². The molecule has 112 valence electrons. The monoisotopic (exact) mass is 287 g/mol. The summed E-state index contributed by atoms with van der Waals surface area (Å²) in [6, 6.07) is 10.3. The molecule has 6 heteroatoms. The molecule has 2 aromatic rings. The van der Waals surface area contributed by atoms with E-state index in [1.807, 2.05) is 35.2 Å². The molecule has 0 bridgehead atoms. The molecule has 6 nitrogen and oxygen atoms in total. The van der Waals surface area contributed by atoms with Gasteiger partial charge in [0.25, 0.3) is 0 Å². The summed E-state index contributed by atoms with van der Waals surface area (Å²) in [4.78, 5) is 15.1. The van der Waals surface area contributed by atoms with Crippen LogP contribution in [0, 0.1) is 0 Å². The zero-order chi connectivity index (χ0) is 15.1. The standard InChI is InChI=1S/C15H21N5O/c1-4-11-16-13-17-14(19-15(18-13)21-3)20(5-2)12-9-7-6-8-10-12/h6-10H,4-5,11H2,1-3H3,(H,16,17,18,19). The molecule has 0 radical (unpaired) electrons. The molecule has 1 aromatic carbocycles. The third kappa shape index (κ3) is 3.81. The fraction of sp³-hybridized carbons (Fsp3) is 0.400. The smallest absolute Gasteiger partial charge is 0.322 e. The summed E-state index contributed by atoms with van der Waals surface area (Å²) in [6.45, 7) is 5.71. The fourth-order valence-electron chi connectivity index (χ4n) is 1.92. The van der Waals surface area contributed by atoms with Gasteiger partial charge in [-0.2, -0.15) is 15.0 Å². The first-order valence-corrected chi connectivity index (χ1v) is 7.15. The van der Waals surface area contributed by atoms with Crippen LogP contribution < -0.4 is 15.0 Å². The van der Waals surface area contributed by atoms with Gasteiger partial charge >= 0.3 is 6.01 Å². The maximum Gasteiger partial charge on any atom is 0.322 e. The van der Waals surface area contributed by atoms with Crippen molar-refractivity contribution in [1.82, 2.24) is 15.0 Å². The molecule has 21 heavy (non-hydrogen) atoms. The number of nitrogens with zero attached hydrogens (tertiary/aromatic N) is 4. The summed E-state index contributed by atoms with van der Waals surface area (Å²) in [5, 5.41) is 3.17. The third-order valence-corrected chi connectivity index (χ3v) is 2.94. The zero-order valence-corrected chi connectivity index (χ0v) is 12.7. The van der Waals surface area contributed by atoms with Crippen molar-refractivity contribution < 1.29 is 4.74 Å². The van der Waals surface area contributed by atoms with Crippen LogP contribution in [0.5, 0.6) is 6.01 Å². The molecular weight excluding hydrogens is 266 g/mol. The first-order chi connectivity index (χ1) is 10.3. The van der Waals surface area contributed by atoms with Gasteiger partial charge in [0.1, 0.15) is 0 Å². The normalized spacial score (nSPS) is 10.2. The second-order valence-corrected chi connectivity index (χ2v) is 4.45. The number of benzene rings is 1. The Morgan fingerprint density at radius 2 is 1.86 bits per heavy atom. The van der Waals surface area contributed by atoms with Gasteiger partial charge in [-0.25, -0.2) is 0 Å². The number of methoxy groups -OCH3 is 1. The largest absolute Gasteiger partial charge is 0.467 e. The minimum Gasteiger partial charge on any atom is -0.467 e. The molecule has 0 spiro atoms. The van der Waals surface area contributed by atoms with Crippen molar-refractivity contribution in [2.45, 2.75) is 20.3 Å². The van der Waals surface area contributed by atoms with E-state index in [0.717, 1.165) is 25.2 Å². The van der Waals surface area contributed by atoms with Crippen molar-refractivity contribution >= 4 is 17.6 Å². The minimum atomic E-state index is 0.313. The van der Waals surface area contributed by atoms with Gasteiger partial charge in [-0.15, -0.1) is 0 Å². The number of hydrogen-bond donors (Lipinski definition) is 1. The number of para-hydroxylation sites is 1. The van der Waals surface area contributed by atoms with Crippen LogP contribution in [0.25, 0.3) is 0 Å². The molecule has 1 N–H and O–H groups in total. The van der Waals surface area contributed by atoms with Gasteiger partial charge in [0.05, 0.1) is 7.11 Å². The van der Waals surface area contributed by atoms with E-state index in [2.05, 4.69) is 34.1 Å². The van der Waals surface area contributed by atoms with Crippen LogP contribution in [0.2, 0.25) is 0 Å². The maximum atomic E-state index is 5.18. The lowest BCUT2D eigenvalue weighted by molar-refractivity contribution is 0.379. The molecule has 0 aliphatic rings. The molecule has 0 saturated carbocycles. The first-order valence-electron chi connectivity index (χ1n) is 7.15. The molecule has 0 amide bonds. The van der Waals surface area contributed by atoms with Crippen LogP contribution in [0.1, 0.15) is 20.3 Å². The third-order valence-electron chi connectivity index (χ3n) is 2.94. The number of aromatic nitrogens is 3. The second-order valence-electron chi connectivity index (χ2n) is 4.45. The summed E-state index contributed by atoms with van der Waals surface area (Å²) in [7, 11) is 1.56. The van der Waals surface area contributed by atoms with Crippen molar-refractivity contribution in [2.75, 3.05) is 30.4 Å². The van der Waals surface area contributed by atoms with Crippen molar-refractivity contribution in [3.8, 4) is 6.01 Å². The van der Waals surface area contributed by atoms with Crippen molar-refractivity contribution in [1.29, 1.82) is 0 Å². The van der Waals surface area contributed by atoms with Gasteiger partial charge in [0.2, 0.25) is 11.9 Å². The summed E-state index contributed by atoms with van der Waals surface area (Å²) in [5.41, 5.74) is 1.04. The maximum absolute atomic E-state index is 5.18. The molecule has 0 fully saturated rings. The number of anilines is 3. The molecule has 1 aromatic heterocycles. The lowest BCUT2D eigenvalue weighted by atomic mass is 10.3. The van der Waals surface area contributed by atoms with Gasteiger partial charge in [0.15, 0.2) is 0 Å². The Morgan fingerprint density at radius 1 is 1.10 bits per heavy atom. The summed E-state index contributed by atoms with van der Waals surface area (Å²) in [5.74, 6) is 1.11. The highest BCUT2D eigenvalue weighted by molar-refractivity contribution is 5.57. The molecule has 0 unspecified atom stereocenters. The summed E-state index contributed by atoms with van der Waals surface area (Å²) in [6.07, 6.45) is 1.000. The average molecular weight is 287 g/mol. The van der Waals surface area contributed by atoms with E-state index in [9.17, 15) is 0 Å². The van der Waals surface area contributed by atoms with Crippen LogP contribution >= 0.6 is 0 Å². The summed E-state index contributed by atoms with van der Waals surface area (Å²) < 4.78 is 5.18. The molecule has 1 heterocycles. The number of ether oxygens (including phenoxy) is 1. The summed E-state index contributed by atoms with van der Waals surface area (Å²) >= 11 is 0. The fourth-order valence-corrected chi connectivity index (χ4v) is 1.92. The quantitative estimate of drug-likeness (QED) is 0.845. The van der Waals surface area contributed by atoms with Gasteiger partial charge in [-0.3, -0.25) is 0 Å². The number of hydrogen-bond acceptors (Lipinski definition) is 6. The number of rotatable bonds is 7. The molecule has 0 aliphatic carbocycles. The van der Waals surface area contributed by atoms with E-state index in [-0.39, 0.29) is 0 Å². The zero-order valence-electron chi connectivity index (χ0n) is 12.7. The van der Waals surface area contributed by atoms with E-state index in [0.29, 0.717) is 17.9 Å². The Labute approximate surface area is 125 Å². The van der Waals surface area contributed by atoms with Gasteiger partial charge in [-0.1, -0.05) is 25.1 Å². The van der Waals surface area contributed by atoms with E-state index >= 15 is 0 Å². The average Bonchev–Trinajstić information content (AvgIpc) is 2.54. The van der Waals surface area contributed by atoms with Crippen LogP contribution in [-0.4, -0.2) is 35.2 Å². The highest BCUT2D eigenvalue weighted by Gasteiger charge is 2.14. The predicted molar refractivity (Wildman–Crippen MR) is 84.3 cm³/mol.